The first-order valence-corrected chi connectivity index (χ1v) is 12.4. The first kappa shape index (κ1) is 24.8. The molecule has 8 nitrogen and oxygen atoms in total. The summed E-state index contributed by atoms with van der Waals surface area (Å²) in [7, 11) is -2.28. The number of benzene rings is 3. The van der Waals surface area contributed by atoms with E-state index >= 15 is 0 Å². The molecule has 0 unspecified atom stereocenters. The van der Waals surface area contributed by atoms with Crippen LogP contribution in [0, 0.1) is 0 Å². The zero-order chi connectivity index (χ0) is 24.7. The van der Waals surface area contributed by atoms with Gasteiger partial charge < -0.3 is 15.4 Å². The highest BCUT2D eigenvalue weighted by Gasteiger charge is 2.29. The van der Waals surface area contributed by atoms with Crippen molar-refractivity contribution < 1.29 is 22.7 Å². The van der Waals surface area contributed by atoms with E-state index in [4.69, 9.17) is 4.74 Å². The third-order valence-electron chi connectivity index (χ3n) is 5.14. The number of ether oxygens (including phenoxy) is 1. The molecule has 0 radical (unpaired) electrons. The number of nitrogens with zero attached hydrogens (tertiary/aromatic N) is 1. The molecule has 0 saturated heterocycles. The molecule has 0 saturated carbocycles. The summed E-state index contributed by atoms with van der Waals surface area (Å²) in [5.74, 6) is -0.378. The number of carbonyl (C=O) groups excluding carboxylic acids is 2. The van der Waals surface area contributed by atoms with E-state index in [2.05, 4.69) is 10.6 Å². The summed E-state index contributed by atoms with van der Waals surface area (Å²) in [6.07, 6.45) is 1.03. The third-order valence-corrected chi connectivity index (χ3v) is 6.38. The number of para-hydroxylation sites is 1. The molecule has 0 bridgehead atoms. The van der Waals surface area contributed by atoms with Crippen LogP contribution < -0.4 is 19.7 Å². The molecular weight excluding hydrogens is 454 g/mol. The molecule has 3 rings (SSSR count). The number of sulfonamides is 1. The fraction of sp³-hybridized carbons (Fsp3) is 0.200. The summed E-state index contributed by atoms with van der Waals surface area (Å²) in [4.78, 5) is 25.9. The Morgan fingerprint density at radius 3 is 2.18 bits per heavy atom. The maximum Gasteiger partial charge on any atom is 0.253 e. The first-order chi connectivity index (χ1) is 16.2. The normalized spacial score (nSPS) is 11.9. The van der Waals surface area contributed by atoms with E-state index < -0.39 is 22.0 Å². The van der Waals surface area contributed by atoms with Crippen molar-refractivity contribution in [1.82, 2.24) is 5.32 Å². The molecule has 9 heteroatoms. The Morgan fingerprint density at radius 1 is 0.941 bits per heavy atom. The van der Waals surface area contributed by atoms with Crippen molar-refractivity contribution in [2.24, 2.45) is 0 Å². The lowest BCUT2D eigenvalue weighted by Gasteiger charge is -2.28. The van der Waals surface area contributed by atoms with Gasteiger partial charge in [0.1, 0.15) is 11.8 Å². The fourth-order valence-electron chi connectivity index (χ4n) is 3.44. The number of anilines is 2. The monoisotopic (exact) mass is 481 g/mol. The Bertz CT molecular complexity index is 1250. The molecule has 2 N–H and O–H groups in total. The van der Waals surface area contributed by atoms with Gasteiger partial charge in [-0.05, 0) is 48.9 Å². The van der Waals surface area contributed by atoms with Gasteiger partial charge in [-0.15, -0.1) is 0 Å². The molecule has 1 atom stereocenters. The molecule has 0 aromatic heterocycles. The van der Waals surface area contributed by atoms with Crippen molar-refractivity contribution in [3.8, 4) is 5.75 Å². The van der Waals surface area contributed by atoms with Gasteiger partial charge in [-0.1, -0.05) is 42.5 Å². The highest BCUT2D eigenvalue weighted by Crippen LogP contribution is 2.25. The second-order valence-corrected chi connectivity index (χ2v) is 9.50. The number of hydrogen-bond acceptors (Lipinski definition) is 5. The molecule has 0 fully saturated rings. The minimum absolute atomic E-state index is 0.273. The summed E-state index contributed by atoms with van der Waals surface area (Å²) < 4.78 is 31.2. The molecule has 3 aromatic rings. The summed E-state index contributed by atoms with van der Waals surface area (Å²) in [6, 6.07) is 21.3. The van der Waals surface area contributed by atoms with Gasteiger partial charge in [-0.25, -0.2) is 8.42 Å². The zero-order valence-electron chi connectivity index (χ0n) is 19.2. The van der Waals surface area contributed by atoms with Gasteiger partial charge in [-0.2, -0.15) is 0 Å². The summed E-state index contributed by atoms with van der Waals surface area (Å²) in [5, 5.41) is 5.54. The van der Waals surface area contributed by atoms with Crippen LogP contribution >= 0.6 is 0 Å². The SMILES string of the molecule is COc1ccc(N([C@@H](C)C(=O)Nc2ccccc2C(=O)NCc2ccccc2)S(C)(=O)=O)cc1. The molecule has 0 aliphatic rings. The van der Waals surface area contributed by atoms with E-state index in [1.165, 1.54) is 14.0 Å². The Morgan fingerprint density at radius 2 is 1.56 bits per heavy atom. The molecule has 3 aromatic carbocycles. The average Bonchev–Trinajstić information content (AvgIpc) is 2.83. The quantitative estimate of drug-likeness (QED) is 0.487. The molecular formula is C25H27N3O5S. The maximum absolute atomic E-state index is 13.1. The number of carbonyl (C=O) groups is 2. The Balaban J connectivity index is 1.79. The predicted octanol–water partition coefficient (Wildman–Crippen LogP) is 3.42. The number of rotatable bonds is 9. The Labute approximate surface area is 199 Å². The van der Waals surface area contributed by atoms with Crippen LogP contribution in [0.25, 0.3) is 0 Å². The fourth-order valence-corrected chi connectivity index (χ4v) is 4.61. The molecule has 0 aliphatic carbocycles. The predicted molar refractivity (Wildman–Crippen MR) is 132 cm³/mol. The lowest BCUT2D eigenvalue weighted by molar-refractivity contribution is -0.116. The van der Waals surface area contributed by atoms with Gasteiger partial charge in [0.25, 0.3) is 5.91 Å². The first-order valence-electron chi connectivity index (χ1n) is 10.6. The highest BCUT2D eigenvalue weighted by atomic mass is 32.2. The van der Waals surface area contributed by atoms with Gasteiger partial charge in [0.15, 0.2) is 0 Å². The van der Waals surface area contributed by atoms with Crippen LogP contribution in [0.3, 0.4) is 0 Å². The van der Waals surface area contributed by atoms with Crippen LogP contribution in [-0.2, 0) is 21.4 Å². The molecule has 34 heavy (non-hydrogen) atoms. The number of nitrogens with one attached hydrogen (secondary N) is 2. The van der Waals surface area contributed by atoms with Crippen molar-refractivity contribution in [2.45, 2.75) is 19.5 Å². The molecule has 178 valence electrons. The Hall–Kier alpha value is -3.85. The largest absolute Gasteiger partial charge is 0.497 e. The molecule has 0 spiro atoms. The van der Waals surface area contributed by atoms with E-state index in [9.17, 15) is 18.0 Å². The van der Waals surface area contributed by atoms with Crippen LogP contribution in [0.4, 0.5) is 11.4 Å². The van der Waals surface area contributed by atoms with Crippen LogP contribution in [0.2, 0.25) is 0 Å². The van der Waals surface area contributed by atoms with Crippen molar-refractivity contribution in [2.75, 3.05) is 23.0 Å². The molecule has 2 amide bonds. The second-order valence-electron chi connectivity index (χ2n) is 7.64. The van der Waals surface area contributed by atoms with Crippen LogP contribution in [-0.4, -0.2) is 39.6 Å². The highest BCUT2D eigenvalue weighted by molar-refractivity contribution is 7.92. The minimum atomic E-state index is -3.79. The van der Waals surface area contributed by atoms with Crippen LogP contribution in [0.1, 0.15) is 22.8 Å². The molecule has 0 aliphatic heterocycles. The van der Waals surface area contributed by atoms with Crippen molar-refractivity contribution >= 4 is 33.2 Å². The van der Waals surface area contributed by atoms with Crippen molar-refractivity contribution in [1.29, 1.82) is 0 Å². The lowest BCUT2D eigenvalue weighted by Crippen LogP contribution is -2.45. The van der Waals surface area contributed by atoms with Gasteiger partial charge in [0.2, 0.25) is 15.9 Å². The van der Waals surface area contributed by atoms with E-state index in [1.54, 1.807) is 48.5 Å². The summed E-state index contributed by atoms with van der Waals surface area (Å²) in [5.41, 5.74) is 1.82. The van der Waals surface area contributed by atoms with Crippen molar-refractivity contribution in [3.05, 3.63) is 90.0 Å². The van der Waals surface area contributed by atoms with Crippen LogP contribution in [0.5, 0.6) is 5.75 Å². The second kappa shape index (κ2) is 10.8. The topological polar surface area (TPSA) is 105 Å². The summed E-state index contributed by atoms with van der Waals surface area (Å²) in [6.45, 7) is 1.82. The van der Waals surface area contributed by atoms with E-state index in [0.29, 0.717) is 18.0 Å². The van der Waals surface area contributed by atoms with E-state index in [0.717, 1.165) is 16.1 Å². The lowest BCUT2D eigenvalue weighted by atomic mass is 10.1. The smallest absolute Gasteiger partial charge is 0.253 e. The standard InChI is InChI=1S/C25H27N3O5S/c1-18(28(34(3,31)32)20-13-15-21(33-2)16-14-20)24(29)27-23-12-8-7-11-22(23)25(30)26-17-19-9-5-4-6-10-19/h4-16,18H,17H2,1-3H3,(H,26,30)(H,27,29)/t18-/m0/s1. The molecule has 0 heterocycles. The average molecular weight is 482 g/mol. The number of amides is 2. The van der Waals surface area contributed by atoms with E-state index in [1.807, 2.05) is 30.3 Å². The Kier molecular flexibility index (Phi) is 7.91. The van der Waals surface area contributed by atoms with E-state index in [-0.39, 0.29) is 17.2 Å². The van der Waals surface area contributed by atoms with Gasteiger partial charge in [0.05, 0.1) is 30.3 Å². The zero-order valence-corrected chi connectivity index (χ0v) is 20.0. The van der Waals surface area contributed by atoms with Crippen molar-refractivity contribution in [3.63, 3.8) is 0 Å². The third kappa shape index (κ3) is 6.14. The van der Waals surface area contributed by atoms with Gasteiger partial charge in [0, 0.05) is 6.54 Å². The van der Waals surface area contributed by atoms with Gasteiger partial charge >= 0.3 is 0 Å². The van der Waals surface area contributed by atoms with Crippen LogP contribution in [0.15, 0.2) is 78.9 Å². The number of methoxy groups -OCH3 is 1. The number of hydrogen-bond donors (Lipinski definition) is 2. The summed E-state index contributed by atoms with van der Waals surface area (Å²) >= 11 is 0. The van der Waals surface area contributed by atoms with Gasteiger partial charge in [-0.3, -0.25) is 13.9 Å². The minimum Gasteiger partial charge on any atom is -0.497 e. The maximum atomic E-state index is 13.1.